The van der Waals surface area contributed by atoms with Crippen LogP contribution in [0.3, 0.4) is 0 Å². The number of ether oxygens (including phenoxy) is 2. The first-order valence-electron chi connectivity index (χ1n) is 10.1. The van der Waals surface area contributed by atoms with Crippen LogP contribution in [0.5, 0.6) is 11.5 Å². The number of nitrogens with one attached hydrogen (secondary N) is 2. The minimum absolute atomic E-state index is 0.106. The van der Waals surface area contributed by atoms with E-state index in [0.29, 0.717) is 31.1 Å². The van der Waals surface area contributed by atoms with Crippen LogP contribution in [0.4, 0.5) is 4.39 Å². The van der Waals surface area contributed by atoms with Crippen molar-refractivity contribution in [3.05, 3.63) is 95.9 Å². The van der Waals surface area contributed by atoms with Crippen molar-refractivity contribution in [3.8, 4) is 11.5 Å². The average molecular weight is 418 g/mol. The summed E-state index contributed by atoms with van der Waals surface area (Å²) in [5, 5.41) is 3.81. The van der Waals surface area contributed by atoms with Gasteiger partial charge in [0, 0.05) is 23.6 Å². The number of halogens is 1. The van der Waals surface area contributed by atoms with Gasteiger partial charge in [0.15, 0.2) is 18.1 Å². The van der Waals surface area contributed by atoms with Gasteiger partial charge in [-0.1, -0.05) is 42.5 Å². The molecule has 3 aromatic carbocycles. The molecule has 0 aliphatic rings. The summed E-state index contributed by atoms with van der Waals surface area (Å²) >= 11 is 0. The van der Waals surface area contributed by atoms with Crippen molar-refractivity contribution in [3.63, 3.8) is 0 Å². The Kier molecular flexibility index (Phi) is 6.47. The molecule has 158 valence electrons. The van der Waals surface area contributed by atoms with Crippen LogP contribution in [0.1, 0.15) is 11.1 Å². The van der Waals surface area contributed by atoms with E-state index < -0.39 is 0 Å². The third-order valence-corrected chi connectivity index (χ3v) is 4.89. The number of amides is 1. The maximum Gasteiger partial charge on any atom is 0.257 e. The van der Waals surface area contributed by atoms with Crippen LogP contribution in [0, 0.1) is 5.82 Å². The molecule has 1 amide bonds. The normalized spacial score (nSPS) is 10.7. The molecule has 0 bridgehead atoms. The van der Waals surface area contributed by atoms with E-state index in [1.807, 2.05) is 54.7 Å². The SMILES string of the molecule is O=C(COc1ccccc1OCc1ccccc1)NCCc1c[nH]c2cc(F)ccc12. The molecule has 1 aromatic heterocycles. The van der Waals surface area contributed by atoms with Gasteiger partial charge in [0.2, 0.25) is 0 Å². The topological polar surface area (TPSA) is 63.4 Å². The zero-order valence-electron chi connectivity index (χ0n) is 16.9. The van der Waals surface area contributed by atoms with E-state index in [-0.39, 0.29) is 18.3 Å². The molecule has 31 heavy (non-hydrogen) atoms. The Balaban J connectivity index is 1.26. The Bertz CT molecular complexity index is 1160. The lowest BCUT2D eigenvalue weighted by Crippen LogP contribution is -2.30. The molecule has 0 saturated heterocycles. The highest BCUT2D eigenvalue weighted by Gasteiger charge is 2.09. The monoisotopic (exact) mass is 418 g/mol. The van der Waals surface area contributed by atoms with Crippen LogP contribution in [0.2, 0.25) is 0 Å². The minimum atomic E-state index is -0.278. The Morgan fingerprint density at radius 1 is 0.935 bits per heavy atom. The molecule has 0 radical (unpaired) electrons. The summed E-state index contributed by atoms with van der Waals surface area (Å²) in [6.45, 7) is 0.769. The molecule has 0 saturated carbocycles. The molecule has 1 heterocycles. The summed E-state index contributed by atoms with van der Waals surface area (Å²) in [6, 6.07) is 21.8. The standard InChI is InChI=1S/C25H23FN2O3/c26-20-10-11-21-19(15-28-22(21)14-20)12-13-27-25(29)17-31-24-9-5-4-8-23(24)30-16-18-6-2-1-3-7-18/h1-11,14-15,28H,12-13,16-17H2,(H,27,29). The van der Waals surface area contributed by atoms with Gasteiger partial charge in [0.25, 0.3) is 5.91 Å². The molecule has 2 N–H and O–H groups in total. The fourth-order valence-electron chi connectivity index (χ4n) is 3.32. The fourth-order valence-corrected chi connectivity index (χ4v) is 3.32. The summed E-state index contributed by atoms with van der Waals surface area (Å²) in [6.07, 6.45) is 2.47. The van der Waals surface area contributed by atoms with Gasteiger partial charge in [-0.05, 0) is 47.9 Å². The van der Waals surface area contributed by atoms with Gasteiger partial charge in [-0.25, -0.2) is 4.39 Å². The number of H-pyrrole nitrogens is 1. The number of hydrogen-bond acceptors (Lipinski definition) is 3. The number of aromatic nitrogens is 1. The summed E-state index contributed by atoms with van der Waals surface area (Å²) < 4.78 is 24.8. The van der Waals surface area contributed by atoms with E-state index in [4.69, 9.17) is 9.47 Å². The van der Waals surface area contributed by atoms with Crippen molar-refractivity contribution in [2.45, 2.75) is 13.0 Å². The Morgan fingerprint density at radius 3 is 2.48 bits per heavy atom. The molecule has 0 spiro atoms. The van der Waals surface area contributed by atoms with E-state index >= 15 is 0 Å². The number of fused-ring (bicyclic) bond motifs is 1. The third kappa shape index (κ3) is 5.42. The quantitative estimate of drug-likeness (QED) is 0.417. The average Bonchev–Trinajstić information content (AvgIpc) is 3.19. The number of aromatic amines is 1. The summed E-state index contributed by atoms with van der Waals surface area (Å²) in [5.41, 5.74) is 2.82. The van der Waals surface area contributed by atoms with Gasteiger partial charge in [0.05, 0.1) is 0 Å². The highest BCUT2D eigenvalue weighted by Crippen LogP contribution is 2.27. The first-order chi connectivity index (χ1) is 15.2. The first-order valence-corrected chi connectivity index (χ1v) is 10.1. The number of rotatable bonds is 9. The molecule has 5 nitrogen and oxygen atoms in total. The van der Waals surface area contributed by atoms with Gasteiger partial charge < -0.3 is 19.8 Å². The van der Waals surface area contributed by atoms with Crippen molar-refractivity contribution in [1.29, 1.82) is 0 Å². The largest absolute Gasteiger partial charge is 0.485 e. The van der Waals surface area contributed by atoms with Gasteiger partial charge in [-0.15, -0.1) is 0 Å². The molecule has 0 aliphatic carbocycles. The molecule has 6 heteroatoms. The number of carbonyl (C=O) groups is 1. The van der Waals surface area contributed by atoms with Crippen molar-refractivity contribution >= 4 is 16.8 Å². The smallest absolute Gasteiger partial charge is 0.257 e. The lowest BCUT2D eigenvalue weighted by molar-refractivity contribution is -0.123. The summed E-state index contributed by atoms with van der Waals surface area (Å²) in [4.78, 5) is 15.3. The van der Waals surface area contributed by atoms with Gasteiger partial charge in [-0.2, -0.15) is 0 Å². The van der Waals surface area contributed by atoms with Crippen LogP contribution in [0.25, 0.3) is 10.9 Å². The van der Waals surface area contributed by atoms with Gasteiger partial charge in [0.1, 0.15) is 12.4 Å². The molecular weight excluding hydrogens is 395 g/mol. The van der Waals surface area contributed by atoms with Gasteiger partial charge >= 0.3 is 0 Å². The predicted octanol–water partition coefficient (Wildman–Crippen LogP) is 4.62. The molecule has 4 aromatic rings. The van der Waals surface area contributed by atoms with Crippen LogP contribution < -0.4 is 14.8 Å². The number of para-hydroxylation sites is 2. The predicted molar refractivity (Wildman–Crippen MR) is 118 cm³/mol. The lowest BCUT2D eigenvalue weighted by atomic mass is 10.1. The highest BCUT2D eigenvalue weighted by molar-refractivity contribution is 5.83. The molecule has 0 unspecified atom stereocenters. The zero-order chi connectivity index (χ0) is 21.5. The van der Waals surface area contributed by atoms with Crippen LogP contribution in [-0.4, -0.2) is 24.0 Å². The van der Waals surface area contributed by atoms with Crippen molar-refractivity contribution in [2.75, 3.05) is 13.2 Å². The lowest BCUT2D eigenvalue weighted by Gasteiger charge is -2.13. The maximum atomic E-state index is 13.3. The van der Waals surface area contributed by atoms with E-state index in [2.05, 4.69) is 10.3 Å². The molecule has 0 aliphatic heterocycles. The minimum Gasteiger partial charge on any atom is -0.485 e. The van der Waals surface area contributed by atoms with E-state index in [1.54, 1.807) is 12.1 Å². The van der Waals surface area contributed by atoms with Crippen LogP contribution >= 0.6 is 0 Å². The zero-order valence-corrected chi connectivity index (χ0v) is 16.9. The first kappa shape index (κ1) is 20.5. The fraction of sp³-hybridized carbons (Fsp3) is 0.160. The second-order valence-corrected chi connectivity index (χ2v) is 7.11. The van der Waals surface area contributed by atoms with Crippen molar-refractivity contribution < 1.29 is 18.7 Å². The molecule has 4 rings (SSSR count). The Labute approximate surface area is 179 Å². The second-order valence-electron chi connectivity index (χ2n) is 7.11. The number of carbonyl (C=O) groups excluding carboxylic acids is 1. The number of hydrogen-bond donors (Lipinski definition) is 2. The van der Waals surface area contributed by atoms with Gasteiger partial charge in [-0.3, -0.25) is 4.79 Å². The van der Waals surface area contributed by atoms with E-state index in [1.165, 1.54) is 12.1 Å². The summed E-state index contributed by atoms with van der Waals surface area (Å²) in [5.74, 6) is 0.612. The Morgan fingerprint density at radius 2 is 1.68 bits per heavy atom. The van der Waals surface area contributed by atoms with Crippen molar-refractivity contribution in [2.24, 2.45) is 0 Å². The van der Waals surface area contributed by atoms with E-state index in [0.717, 1.165) is 22.0 Å². The van der Waals surface area contributed by atoms with E-state index in [9.17, 15) is 9.18 Å². The highest BCUT2D eigenvalue weighted by atomic mass is 19.1. The third-order valence-electron chi connectivity index (χ3n) is 4.89. The van der Waals surface area contributed by atoms with Crippen LogP contribution in [0.15, 0.2) is 79.0 Å². The Hall–Kier alpha value is -3.80. The molecule has 0 atom stereocenters. The number of benzene rings is 3. The molecule has 0 fully saturated rings. The second kappa shape index (κ2) is 9.80. The summed E-state index contributed by atoms with van der Waals surface area (Å²) in [7, 11) is 0. The molecular formula is C25H23FN2O3. The maximum absolute atomic E-state index is 13.3. The van der Waals surface area contributed by atoms with Crippen molar-refractivity contribution in [1.82, 2.24) is 10.3 Å². The van der Waals surface area contributed by atoms with Crippen LogP contribution in [-0.2, 0) is 17.8 Å².